The van der Waals surface area contributed by atoms with Crippen molar-refractivity contribution >= 4 is 18.1 Å². The van der Waals surface area contributed by atoms with Crippen LogP contribution in [0.15, 0.2) is 5.16 Å². The maximum Gasteiger partial charge on any atom is 0.0605 e. The van der Waals surface area contributed by atoms with Crippen LogP contribution in [0.25, 0.3) is 0 Å². The van der Waals surface area contributed by atoms with Gasteiger partial charge in [-0.05, 0) is 50.4 Å². The molecular formula is C11H19ClN2O. The monoisotopic (exact) mass is 230 g/mol. The fourth-order valence-corrected chi connectivity index (χ4v) is 4.19. The van der Waals surface area contributed by atoms with Crippen LogP contribution in [0.2, 0.25) is 0 Å². The fourth-order valence-electron chi connectivity index (χ4n) is 4.19. The molecule has 15 heavy (non-hydrogen) atoms. The van der Waals surface area contributed by atoms with Crippen LogP contribution in [0.5, 0.6) is 0 Å². The van der Waals surface area contributed by atoms with Crippen LogP contribution in [0.4, 0.5) is 0 Å². The van der Waals surface area contributed by atoms with E-state index >= 15 is 0 Å². The minimum atomic E-state index is 0. The van der Waals surface area contributed by atoms with Gasteiger partial charge >= 0.3 is 0 Å². The van der Waals surface area contributed by atoms with Crippen LogP contribution in [0.1, 0.15) is 38.5 Å². The molecule has 0 aromatic heterocycles. The standard InChI is InChI=1S/C11H18N2O.ClH/c12-11-4-7-1-8(5-11)3-10(13-14)9(2-7)6-11;/h7-9,14H,1-6,12H2;1H/b13-10+;. The Morgan fingerprint density at radius 1 is 1.20 bits per heavy atom. The molecule has 4 saturated carbocycles. The zero-order valence-corrected chi connectivity index (χ0v) is 9.67. The van der Waals surface area contributed by atoms with Crippen molar-refractivity contribution in [1.29, 1.82) is 0 Å². The SMILES string of the molecule is Cl.NC12CC3C/C(=N\O)C(CC(C3)C1)C2. The van der Waals surface area contributed by atoms with Crippen LogP contribution in [-0.4, -0.2) is 16.5 Å². The van der Waals surface area contributed by atoms with Crippen molar-refractivity contribution in [2.45, 2.75) is 44.1 Å². The summed E-state index contributed by atoms with van der Waals surface area (Å²) in [6.07, 6.45) is 6.94. The van der Waals surface area contributed by atoms with Gasteiger partial charge in [-0.3, -0.25) is 0 Å². The molecule has 4 fully saturated rings. The molecule has 0 heterocycles. The van der Waals surface area contributed by atoms with E-state index < -0.39 is 0 Å². The van der Waals surface area contributed by atoms with Gasteiger partial charge in [0, 0.05) is 11.5 Å². The van der Waals surface area contributed by atoms with Crippen molar-refractivity contribution in [2.24, 2.45) is 28.6 Å². The van der Waals surface area contributed by atoms with Gasteiger partial charge in [-0.2, -0.15) is 0 Å². The smallest absolute Gasteiger partial charge is 0.0605 e. The molecule has 4 bridgehead atoms. The van der Waals surface area contributed by atoms with Crippen molar-refractivity contribution in [1.82, 2.24) is 0 Å². The third-order valence-corrected chi connectivity index (χ3v) is 4.43. The molecule has 0 aromatic rings. The highest BCUT2D eigenvalue weighted by Crippen LogP contribution is 2.51. The summed E-state index contributed by atoms with van der Waals surface area (Å²) in [5, 5.41) is 12.5. The Bertz CT molecular complexity index is 294. The van der Waals surface area contributed by atoms with Gasteiger partial charge in [-0.25, -0.2) is 0 Å². The van der Waals surface area contributed by atoms with E-state index in [0.29, 0.717) is 11.8 Å². The Morgan fingerprint density at radius 2 is 1.93 bits per heavy atom. The zero-order chi connectivity index (χ0) is 9.76. The molecule has 3 nitrogen and oxygen atoms in total. The summed E-state index contributed by atoms with van der Waals surface area (Å²) in [4.78, 5) is 0. The molecule has 4 heteroatoms. The Morgan fingerprint density at radius 3 is 2.60 bits per heavy atom. The Balaban J connectivity index is 0.000000853. The average Bonchev–Trinajstić information content (AvgIpc) is 2.26. The summed E-state index contributed by atoms with van der Waals surface area (Å²) in [7, 11) is 0. The van der Waals surface area contributed by atoms with E-state index in [-0.39, 0.29) is 17.9 Å². The lowest BCUT2D eigenvalue weighted by atomic mass is 9.63. The number of nitrogens with zero attached hydrogens (tertiary/aromatic N) is 1. The van der Waals surface area contributed by atoms with Gasteiger partial charge in [0.2, 0.25) is 0 Å². The second-order valence-electron chi connectivity index (χ2n) is 5.67. The van der Waals surface area contributed by atoms with E-state index in [0.717, 1.165) is 30.9 Å². The molecule has 0 aliphatic heterocycles. The first-order valence-electron chi connectivity index (χ1n) is 5.68. The molecule has 4 rings (SSSR count). The summed E-state index contributed by atoms with van der Waals surface area (Å²) in [5.41, 5.74) is 7.51. The van der Waals surface area contributed by atoms with E-state index in [1.165, 1.54) is 19.3 Å². The van der Waals surface area contributed by atoms with Crippen molar-refractivity contribution in [3.05, 3.63) is 0 Å². The second-order valence-corrected chi connectivity index (χ2v) is 5.67. The maximum atomic E-state index is 9.00. The van der Waals surface area contributed by atoms with Crippen LogP contribution >= 0.6 is 12.4 Å². The Kier molecular flexibility index (Phi) is 2.72. The predicted octanol–water partition coefficient (Wildman–Crippen LogP) is 2.17. The molecule has 0 saturated heterocycles. The van der Waals surface area contributed by atoms with Gasteiger partial charge in [0.1, 0.15) is 0 Å². The highest BCUT2D eigenvalue weighted by molar-refractivity contribution is 5.87. The average molecular weight is 231 g/mol. The molecule has 0 radical (unpaired) electrons. The number of oxime groups is 1. The van der Waals surface area contributed by atoms with Gasteiger partial charge in [-0.1, -0.05) is 5.16 Å². The van der Waals surface area contributed by atoms with Crippen molar-refractivity contribution in [3.63, 3.8) is 0 Å². The highest BCUT2D eigenvalue weighted by Gasteiger charge is 2.48. The van der Waals surface area contributed by atoms with Gasteiger partial charge in [0.05, 0.1) is 5.71 Å². The summed E-state index contributed by atoms with van der Waals surface area (Å²) >= 11 is 0. The number of rotatable bonds is 0. The van der Waals surface area contributed by atoms with E-state index in [4.69, 9.17) is 10.9 Å². The normalized spacial score (nSPS) is 50.2. The molecular weight excluding hydrogens is 212 g/mol. The minimum absolute atomic E-state index is 0. The van der Waals surface area contributed by atoms with Gasteiger partial charge in [0.15, 0.2) is 0 Å². The van der Waals surface area contributed by atoms with E-state index in [1.807, 2.05) is 0 Å². The highest BCUT2D eigenvalue weighted by atomic mass is 35.5. The van der Waals surface area contributed by atoms with E-state index in [9.17, 15) is 0 Å². The summed E-state index contributed by atoms with van der Waals surface area (Å²) in [6.45, 7) is 0. The summed E-state index contributed by atoms with van der Waals surface area (Å²) in [5.74, 6) is 1.98. The number of halogens is 1. The van der Waals surface area contributed by atoms with Crippen LogP contribution in [0, 0.1) is 17.8 Å². The van der Waals surface area contributed by atoms with Crippen LogP contribution < -0.4 is 5.73 Å². The third kappa shape index (κ3) is 1.76. The van der Waals surface area contributed by atoms with Crippen molar-refractivity contribution in [3.8, 4) is 0 Å². The first-order chi connectivity index (χ1) is 6.68. The molecule has 4 aliphatic carbocycles. The lowest BCUT2D eigenvalue weighted by Gasteiger charge is -2.45. The van der Waals surface area contributed by atoms with Gasteiger partial charge < -0.3 is 10.9 Å². The fraction of sp³-hybridized carbons (Fsp3) is 0.909. The molecule has 3 N–H and O–H groups in total. The second kappa shape index (κ2) is 3.63. The first-order valence-corrected chi connectivity index (χ1v) is 5.68. The lowest BCUT2D eigenvalue weighted by Crippen LogP contribution is -2.50. The van der Waals surface area contributed by atoms with Gasteiger partial charge in [-0.15, -0.1) is 12.4 Å². The van der Waals surface area contributed by atoms with Crippen LogP contribution in [0.3, 0.4) is 0 Å². The van der Waals surface area contributed by atoms with Crippen LogP contribution in [-0.2, 0) is 0 Å². The zero-order valence-electron chi connectivity index (χ0n) is 8.85. The molecule has 86 valence electrons. The molecule has 0 amide bonds. The van der Waals surface area contributed by atoms with Gasteiger partial charge in [0.25, 0.3) is 0 Å². The van der Waals surface area contributed by atoms with Crippen molar-refractivity contribution in [2.75, 3.05) is 0 Å². The first kappa shape index (κ1) is 11.2. The molecule has 4 unspecified atom stereocenters. The molecule has 4 aliphatic rings. The lowest BCUT2D eigenvalue weighted by molar-refractivity contribution is 0.109. The summed E-state index contributed by atoms with van der Waals surface area (Å²) in [6, 6.07) is 0. The Hall–Kier alpha value is -0.280. The minimum Gasteiger partial charge on any atom is -0.411 e. The van der Waals surface area contributed by atoms with Crippen molar-refractivity contribution < 1.29 is 5.21 Å². The number of fused-ring (bicyclic) bond motifs is 1. The largest absolute Gasteiger partial charge is 0.411 e. The summed E-state index contributed by atoms with van der Waals surface area (Å²) < 4.78 is 0. The molecule has 0 aromatic carbocycles. The Labute approximate surface area is 96.5 Å². The predicted molar refractivity (Wildman–Crippen MR) is 61.6 cm³/mol. The molecule has 4 atom stereocenters. The maximum absolute atomic E-state index is 9.00. The van der Waals surface area contributed by atoms with E-state index in [1.54, 1.807) is 0 Å². The topological polar surface area (TPSA) is 58.6 Å². The molecule has 0 spiro atoms. The number of hydrogen-bond acceptors (Lipinski definition) is 3. The number of hydrogen-bond donors (Lipinski definition) is 2. The third-order valence-electron chi connectivity index (χ3n) is 4.43. The quantitative estimate of drug-likeness (QED) is 0.495. The number of nitrogens with two attached hydrogens (primary N) is 1. The van der Waals surface area contributed by atoms with E-state index in [2.05, 4.69) is 5.16 Å².